The van der Waals surface area contributed by atoms with Crippen molar-refractivity contribution in [3.63, 3.8) is 0 Å². The summed E-state index contributed by atoms with van der Waals surface area (Å²) in [6.45, 7) is 6.77. The first-order chi connectivity index (χ1) is 6.84. The highest BCUT2D eigenvalue weighted by Gasteiger charge is 2.10. The summed E-state index contributed by atoms with van der Waals surface area (Å²) in [4.78, 5) is 2.40. The minimum atomic E-state index is 0.859. The van der Waals surface area contributed by atoms with Gasteiger partial charge in [-0.25, -0.2) is 0 Å². The van der Waals surface area contributed by atoms with E-state index in [4.69, 9.17) is 9.26 Å². The van der Waals surface area contributed by atoms with E-state index in [9.17, 15) is 0 Å². The Morgan fingerprint density at radius 2 is 2.21 bits per heavy atom. The monoisotopic (exact) mass is 196 g/mol. The number of nitrogens with zero attached hydrogens (tertiary/aromatic N) is 2. The maximum atomic E-state index is 5.28. The van der Waals surface area contributed by atoms with Crippen LogP contribution >= 0.6 is 0 Å². The molecular formula is C10H16N2O2. The average Bonchev–Trinajstić information content (AvgIpc) is 2.63. The lowest BCUT2D eigenvalue weighted by Crippen LogP contribution is -2.37. The molecule has 1 aromatic heterocycles. The van der Waals surface area contributed by atoms with Crippen molar-refractivity contribution in [3.05, 3.63) is 17.5 Å². The molecule has 1 aliphatic heterocycles. The van der Waals surface area contributed by atoms with Crippen molar-refractivity contribution in [2.24, 2.45) is 0 Å². The number of ether oxygens (including phenoxy) is 1. The Hall–Kier alpha value is -0.870. The molecule has 0 aliphatic carbocycles. The van der Waals surface area contributed by atoms with Crippen molar-refractivity contribution >= 4 is 0 Å². The molecule has 4 heteroatoms. The van der Waals surface area contributed by atoms with Gasteiger partial charge in [0.05, 0.1) is 18.9 Å². The quantitative estimate of drug-likeness (QED) is 0.718. The highest BCUT2D eigenvalue weighted by Crippen LogP contribution is 2.04. The lowest BCUT2D eigenvalue weighted by Gasteiger charge is -2.25. The van der Waals surface area contributed by atoms with Gasteiger partial charge in [0, 0.05) is 32.1 Å². The third kappa shape index (κ3) is 2.56. The van der Waals surface area contributed by atoms with Gasteiger partial charge in [-0.1, -0.05) is 5.16 Å². The number of hydrogen-bond donors (Lipinski definition) is 0. The minimum Gasteiger partial charge on any atom is -0.379 e. The molecule has 2 rings (SSSR count). The van der Waals surface area contributed by atoms with Gasteiger partial charge in [-0.05, 0) is 6.92 Å². The largest absolute Gasteiger partial charge is 0.379 e. The Kier molecular flexibility index (Phi) is 3.16. The van der Waals surface area contributed by atoms with Gasteiger partial charge in [0.15, 0.2) is 0 Å². The Morgan fingerprint density at radius 3 is 2.86 bits per heavy atom. The molecule has 78 valence electrons. The van der Waals surface area contributed by atoms with E-state index < -0.39 is 0 Å². The summed E-state index contributed by atoms with van der Waals surface area (Å²) in [7, 11) is 0. The zero-order chi connectivity index (χ0) is 9.80. The first-order valence-corrected chi connectivity index (χ1v) is 5.07. The van der Waals surface area contributed by atoms with Crippen LogP contribution < -0.4 is 0 Å². The van der Waals surface area contributed by atoms with E-state index in [1.807, 2.05) is 13.0 Å². The molecule has 2 heterocycles. The molecule has 0 radical (unpaired) electrons. The van der Waals surface area contributed by atoms with Crippen molar-refractivity contribution in [2.75, 3.05) is 32.8 Å². The van der Waals surface area contributed by atoms with Crippen molar-refractivity contribution in [3.8, 4) is 0 Å². The van der Waals surface area contributed by atoms with Gasteiger partial charge in [0.1, 0.15) is 5.76 Å². The fraction of sp³-hybridized carbons (Fsp3) is 0.700. The molecule has 0 saturated carbocycles. The molecule has 0 unspecified atom stereocenters. The molecule has 1 saturated heterocycles. The Morgan fingerprint density at radius 1 is 1.43 bits per heavy atom. The fourth-order valence-electron chi connectivity index (χ4n) is 1.63. The molecule has 1 aliphatic rings. The van der Waals surface area contributed by atoms with E-state index in [-0.39, 0.29) is 0 Å². The number of aromatic nitrogens is 1. The second-order valence-electron chi connectivity index (χ2n) is 3.63. The highest BCUT2D eigenvalue weighted by molar-refractivity contribution is 5.03. The van der Waals surface area contributed by atoms with Gasteiger partial charge in [-0.2, -0.15) is 0 Å². The molecular weight excluding hydrogens is 180 g/mol. The predicted molar refractivity (Wildman–Crippen MR) is 52.2 cm³/mol. The summed E-state index contributed by atoms with van der Waals surface area (Å²) < 4.78 is 10.3. The first kappa shape index (κ1) is 9.68. The van der Waals surface area contributed by atoms with E-state index in [2.05, 4.69) is 10.1 Å². The van der Waals surface area contributed by atoms with E-state index in [0.717, 1.165) is 50.7 Å². The number of rotatable bonds is 3. The summed E-state index contributed by atoms with van der Waals surface area (Å²) in [6.07, 6.45) is 0.970. The van der Waals surface area contributed by atoms with Crippen LogP contribution in [0.25, 0.3) is 0 Å². The van der Waals surface area contributed by atoms with E-state index in [1.54, 1.807) is 0 Å². The van der Waals surface area contributed by atoms with Gasteiger partial charge in [-0.15, -0.1) is 0 Å². The maximum Gasteiger partial charge on any atom is 0.133 e. The summed E-state index contributed by atoms with van der Waals surface area (Å²) in [6, 6.07) is 2.00. The molecule has 14 heavy (non-hydrogen) atoms. The van der Waals surface area contributed by atoms with Crippen LogP contribution in [0.3, 0.4) is 0 Å². The lowest BCUT2D eigenvalue weighted by molar-refractivity contribution is 0.0382. The molecule has 0 amide bonds. The fourth-order valence-corrected chi connectivity index (χ4v) is 1.63. The van der Waals surface area contributed by atoms with Gasteiger partial charge in [0.25, 0.3) is 0 Å². The van der Waals surface area contributed by atoms with Gasteiger partial charge >= 0.3 is 0 Å². The van der Waals surface area contributed by atoms with E-state index in [1.165, 1.54) is 0 Å². The molecule has 0 N–H and O–H groups in total. The molecule has 0 atom stereocenters. The zero-order valence-corrected chi connectivity index (χ0v) is 8.53. The molecule has 4 nitrogen and oxygen atoms in total. The van der Waals surface area contributed by atoms with Crippen molar-refractivity contribution < 1.29 is 9.26 Å². The Bertz CT molecular complexity index is 279. The van der Waals surface area contributed by atoms with Crippen LogP contribution in [0.4, 0.5) is 0 Å². The highest BCUT2D eigenvalue weighted by atomic mass is 16.5. The standard InChI is InChI=1S/C10H16N2O2/c1-9-8-10(11-14-9)2-3-12-4-6-13-7-5-12/h8H,2-7H2,1H3. The molecule has 0 spiro atoms. The second-order valence-corrected chi connectivity index (χ2v) is 3.63. The van der Waals surface area contributed by atoms with Gasteiger partial charge in [0.2, 0.25) is 0 Å². The SMILES string of the molecule is Cc1cc(CCN2CCOCC2)no1. The summed E-state index contributed by atoms with van der Waals surface area (Å²) in [5.41, 5.74) is 1.05. The predicted octanol–water partition coefficient (Wildman–Crippen LogP) is 0.858. The summed E-state index contributed by atoms with van der Waals surface area (Å²) in [5, 5.41) is 3.97. The van der Waals surface area contributed by atoms with Gasteiger partial charge < -0.3 is 9.26 Å². The normalized spacial score (nSPS) is 18.6. The van der Waals surface area contributed by atoms with Crippen LogP contribution in [0, 0.1) is 6.92 Å². The molecule has 0 bridgehead atoms. The lowest BCUT2D eigenvalue weighted by atomic mass is 10.2. The van der Waals surface area contributed by atoms with E-state index in [0.29, 0.717) is 0 Å². The molecule has 1 fully saturated rings. The summed E-state index contributed by atoms with van der Waals surface area (Å²) >= 11 is 0. The maximum absolute atomic E-state index is 5.28. The first-order valence-electron chi connectivity index (χ1n) is 5.07. The van der Waals surface area contributed by atoms with Crippen molar-refractivity contribution in [2.45, 2.75) is 13.3 Å². The van der Waals surface area contributed by atoms with Crippen LogP contribution in [0.2, 0.25) is 0 Å². The second kappa shape index (κ2) is 4.57. The number of morpholine rings is 1. The third-order valence-electron chi connectivity index (χ3n) is 2.46. The van der Waals surface area contributed by atoms with Crippen LogP contribution in [-0.2, 0) is 11.2 Å². The zero-order valence-electron chi connectivity index (χ0n) is 8.53. The average molecular weight is 196 g/mol. The summed E-state index contributed by atoms with van der Waals surface area (Å²) in [5.74, 6) is 0.891. The third-order valence-corrected chi connectivity index (χ3v) is 2.46. The number of hydrogen-bond acceptors (Lipinski definition) is 4. The Labute approximate surface area is 83.8 Å². The Balaban J connectivity index is 1.76. The van der Waals surface area contributed by atoms with Crippen LogP contribution in [0.15, 0.2) is 10.6 Å². The van der Waals surface area contributed by atoms with Crippen LogP contribution in [0.1, 0.15) is 11.5 Å². The van der Waals surface area contributed by atoms with Crippen LogP contribution in [0.5, 0.6) is 0 Å². The van der Waals surface area contributed by atoms with E-state index >= 15 is 0 Å². The topological polar surface area (TPSA) is 38.5 Å². The molecule has 1 aromatic rings. The van der Waals surface area contributed by atoms with Crippen molar-refractivity contribution in [1.82, 2.24) is 10.1 Å². The van der Waals surface area contributed by atoms with Gasteiger partial charge in [-0.3, -0.25) is 4.90 Å². The van der Waals surface area contributed by atoms with Crippen molar-refractivity contribution in [1.29, 1.82) is 0 Å². The number of aryl methyl sites for hydroxylation is 1. The minimum absolute atomic E-state index is 0.859. The molecule has 0 aromatic carbocycles. The van der Waals surface area contributed by atoms with Crippen LogP contribution in [-0.4, -0.2) is 42.9 Å². The smallest absolute Gasteiger partial charge is 0.133 e.